The third-order valence-electron chi connectivity index (χ3n) is 3.98. The van der Waals surface area contributed by atoms with Gasteiger partial charge in [0, 0.05) is 13.1 Å². The molecular weight excluding hydrogens is 230 g/mol. The molecular formula is C13H23N3O2. The third-order valence-corrected chi connectivity index (χ3v) is 3.98. The van der Waals surface area contributed by atoms with Gasteiger partial charge < -0.3 is 15.5 Å². The van der Waals surface area contributed by atoms with Crippen LogP contribution in [0.25, 0.3) is 0 Å². The first-order valence-electron chi connectivity index (χ1n) is 6.86. The van der Waals surface area contributed by atoms with E-state index in [1.54, 1.807) is 4.90 Å². The van der Waals surface area contributed by atoms with E-state index in [9.17, 15) is 9.59 Å². The Bertz CT molecular complexity index is 333. The van der Waals surface area contributed by atoms with Crippen molar-refractivity contribution in [3.05, 3.63) is 0 Å². The maximum absolute atomic E-state index is 12.6. The van der Waals surface area contributed by atoms with Crippen molar-refractivity contribution in [3.8, 4) is 0 Å². The van der Waals surface area contributed by atoms with E-state index < -0.39 is 5.54 Å². The monoisotopic (exact) mass is 253 g/mol. The largest absolute Gasteiger partial charge is 0.352 e. The highest BCUT2D eigenvalue weighted by atomic mass is 16.2. The van der Waals surface area contributed by atoms with Crippen LogP contribution < -0.4 is 10.6 Å². The molecule has 0 saturated carbocycles. The summed E-state index contributed by atoms with van der Waals surface area (Å²) in [7, 11) is 0. The molecule has 1 unspecified atom stereocenters. The molecule has 5 nitrogen and oxygen atoms in total. The smallest absolute Gasteiger partial charge is 0.245 e. The van der Waals surface area contributed by atoms with E-state index in [1.807, 2.05) is 13.8 Å². The minimum Gasteiger partial charge on any atom is -0.352 e. The normalized spacial score (nSPS) is 28.4. The van der Waals surface area contributed by atoms with Gasteiger partial charge in [0.2, 0.25) is 11.8 Å². The molecule has 2 aliphatic heterocycles. The van der Waals surface area contributed by atoms with Gasteiger partial charge in [-0.3, -0.25) is 9.59 Å². The average Bonchev–Trinajstić information content (AvgIpc) is 2.60. The van der Waals surface area contributed by atoms with Crippen molar-refractivity contribution in [2.45, 2.75) is 51.1 Å². The highest BCUT2D eigenvalue weighted by molar-refractivity contribution is 5.93. The SMILES string of the molecule is CC1(C)C(=O)NCCN1C(=O)C1CCCCCN1. The Hall–Kier alpha value is -1.10. The first-order valence-corrected chi connectivity index (χ1v) is 6.86. The Morgan fingerprint density at radius 3 is 2.83 bits per heavy atom. The summed E-state index contributed by atoms with van der Waals surface area (Å²) < 4.78 is 0. The number of amides is 2. The van der Waals surface area contributed by atoms with Crippen LogP contribution in [0.5, 0.6) is 0 Å². The lowest BCUT2D eigenvalue weighted by Crippen LogP contribution is -2.66. The van der Waals surface area contributed by atoms with Crippen LogP contribution in [-0.4, -0.2) is 47.9 Å². The van der Waals surface area contributed by atoms with Crippen molar-refractivity contribution >= 4 is 11.8 Å². The van der Waals surface area contributed by atoms with E-state index >= 15 is 0 Å². The number of hydrogen-bond acceptors (Lipinski definition) is 3. The molecule has 18 heavy (non-hydrogen) atoms. The predicted octanol–water partition coefficient (Wildman–Crippen LogP) is 0.256. The second-order valence-electron chi connectivity index (χ2n) is 5.66. The lowest BCUT2D eigenvalue weighted by molar-refractivity contribution is -0.150. The summed E-state index contributed by atoms with van der Waals surface area (Å²) in [5.41, 5.74) is -0.733. The van der Waals surface area contributed by atoms with Crippen LogP contribution in [0, 0.1) is 0 Å². The zero-order valence-corrected chi connectivity index (χ0v) is 11.3. The van der Waals surface area contributed by atoms with Gasteiger partial charge >= 0.3 is 0 Å². The number of carbonyl (C=O) groups excluding carboxylic acids is 2. The van der Waals surface area contributed by atoms with Crippen LogP contribution in [0.1, 0.15) is 39.5 Å². The molecule has 5 heteroatoms. The molecule has 0 radical (unpaired) electrons. The maximum atomic E-state index is 12.6. The highest BCUT2D eigenvalue weighted by Gasteiger charge is 2.42. The van der Waals surface area contributed by atoms with Gasteiger partial charge in [-0.2, -0.15) is 0 Å². The Morgan fingerprint density at radius 2 is 2.06 bits per heavy atom. The van der Waals surface area contributed by atoms with Crippen molar-refractivity contribution in [3.63, 3.8) is 0 Å². The van der Waals surface area contributed by atoms with E-state index in [1.165, 1.54) is 6.42 Å². The topological polar surface area (TPSA) is 61.4 Å². The van der Waals surface area contributed by atoms with Gasteiger partial charge in [-0.25, -0.2) is 0 Å². The molecule has 2 rings (SSSR count). The van der Waals surface area contributed by atoms with Crippen LogP contribution in [0.15, 0.2) is 0 Å². The molecule has 102 valence electrons. The second kappa shape index (κ2) is 5.26. The van der Waals surface area contributed by atoms with Crippen LogP contribution >= 0.6 is 0 Å². The summed E-state index contributed by atoms with van der Waals surface area (Å²) in [6, 6.07) is -0.113. The Morgan fingerprint density at radius 1 is 1.28 bits per heavy atom. The molecule has 0 spiro atoms. The molecule has 0 aromatic rings. The summed E-state index contributed by atoms with van der Waals surface area (Å²) in [5, 5.41) is 6.13. The van der Waals surface area contributed by atoms with E-state index in [2.05, 4.69) is 10.6 Å². The fraction of sp³-hybridized carbons (Fsp3) is 0.846. The van der Waals surface area contributed by atoms with Crippen LogP contribution in [0.2, 0.25) is 0 Å². The van der Waals surface area contributed by atoms with E-state index in [0.29, 0.717) is 13.1 Å². The third kappa shape index (κ3) is 2.51. The molecule has 2 saturated heterocycles. The van der Waals surface area contributed by atoms with Gasteiger partial charge in [-0.05, 0) is 33.2 Å². The minimum atomic E-state index is -0.733. The Labute approximate surface area is 108 Å². The summed E-state index contributed by atoms with van der Waals surface area (Å²) in [6.45, 7) is 5.69. The number of hydrogen-bond donors (Lipinski definition) is 2. The Balaban J connectivity index is 2.09. The fourth-order valence-corrected chi connectivity index (χ4v) is 2.71. The number of carbonyl (C=O) groups is 2. The van der Waals surface area contributed by atoms with Crippen molar-refractivity contribution in [2.24, 2.45) is 0 Å². The lowest BCUT2D eigenvalue weighted by Gasteiger charge is -2.42. The number of nitrogens with zero attached hydrogens (tertiary/aromatic N) is 1. The summed E-state index contributed by atoms with van der Waals surface area (Å²) in [6.07, 6.45) is 4.28. The highest BCUT2D eigenvalue weighted by Crippen LogP contribution is 2.20. The van der Waals surface area contributed by atoms with Crippen LogP contribution in [0.3, 0.4) is 0 Å². The van der Waals surface area contributed by atoms with Crippen molar-refractivity contribution in [2.75, 3.05) is 19.6 Å². The molecule has 0 aliphatic carbocycles. The second-order valence-corrected chi connectivity index (χ2v) is 5.66. The van der Waals surface area contributed by atoms with Crippen molar-refractivity contribution < 1.29 is 9.59 Å². The number of piperazine rings is 1. The molecule has 0 aromatic heterocycles. The van der Waals surface area contributed by atoms with E-state index in [0.717, 1.165) is 25.8 Å². The molecule has 2 fully saturated rings. The van der Waals surface area contributed by atoms with Gasteiger partial charge in [0.1, 0.15) is 5.54 Å². The van der Waals surface area contributed by atoms with Crippen molar-refractivity contribution in [1.82, 2.24) is 15.5 Å². The zero-order valence-electron chi connectivity index (χ0n) is 11.3. The summed E-state index contributed by atoms with van der Waals surface area (Å²) >= 11 is 0. The van der Waals surface area contributed by atoms with E-state index in [-0.39, 0.29) is 17.9 Å². The molecule has 1 atom stereocenters. The first kappa shape index (κ1) is 13.3. The first-order chi connectivity index (χ1) is 8.53. The average molecular weight is 253 g/mol. The molecule has 2 aliphatic rings. The van der Waals surface area contributed by atoms with Gasteiger partial charge in [0.25, 0.3) is 0 Å². The number of rotatable bonds is 1. The molecule has 2 N–H and O–H groups in total. The molecule has 2 amide bonds. The Kier molecular flexibility index (Phi) is 3.90. The molecule has 2 heterocycles. The van der Waals surface area contributed by atoms with Gasteiger partial charge in [-0.1, -0.05) is 12.8 Å². The van der Waals surface area contributed by atoms with Crippen molar-refractivity contribution in [1.29, 1.82) is 0 Å². The quantitative estimate of drug-likeness (QED) is 0.704. The predicted molar refractivity (Wildman–Crippen MR) is 69.1 cm³/mol. The molecule has 0 bridgehead atoms. The number of nitrogens with one attached hydrogen (secondary N) is 2. The standard InChI is InChI=1S/C13H23N3O2/c1-13(2)12(18)15-8-9-16(13)11(17)10-6-4-3-5-7-14-10/h10,14H,3-9H2,1-2H3,(H,15,18). The summed E-state index contributed by atoms with van der Waals surface area (Å²) in [4.78, 5) is 26.1. The molecule has 0 aromatic carbocycles. The van der Waals surface area contributed by atoms with Gasteiger partial charge in [-0.15, -0.1) is 0 Å². The fourth-order valence-electron chi connectivity index (χ4n) is 2.71. The van der Waals surface area contributed by atoms with Crippen LogP contribution in [-0.2, 0) is 9.59 Å². The maximum Gasteiger partial charge on any atom is 0.245 e. The lowest BCUT2D eigenvalue weighted by atomic mass is 9.97. The van der Waals surface area contributed by atoms with Gasteiger partial charge in [0.15, 0.2) is 0 Å². The van der Waals surface area contributed by atoms with Crippen LogP contribution in [0.4, 0.5) is 0 Å². The zero-order chi connectivity index (χ0) is 13.2. The van der Waals surface area contributed by atoms with Gasteiger partial charge in [0.05, 0.1) is 6.04 Å². The van der Waals surface area contributed by atoms with E-state index in [4.69, 9.17) is 0 Å². The summed E-state index contributed by atoms with van der Waals surface area (Å²) in [5.74, 6) is 0.0208. The minimum absolute atomic E-state index is 0.0595.